The molecule has 0 radical (unpaired) electrons. The number of carbonyl (C=O) groups is 1. The highest BCUT2D eigenvalue weighted by molar-refractivity contribution is 5.75. The summed E-state index contributed by atoms with van der Waals surface area (Å²) < 4.78 is 4.84. The molecule has 1 saturated heterocycles. The number of nitrogens with zero attached hydrogens (tertiary/aromatic N) is 1. The van der Waals surface area contributed by atoms with Crippen molar-refractivity contribution in [2.24, 2.45) is 0 Å². The molecular weight excluding hydrogens is 228 g/mol. The number of ether oxygens (including phenoxy) is 1. The van der Waals surface area contributed by atoms with Crippen LogP contribution in [0, 0.1) is 0 Å². The van der Waals surface area contributed by atoms with E-state index in [0.29, 0.717) is 12.1 Å². The van der Waals surface area contributed by atoms with Gasteiger partial charge in [0.2, 0.25) is 0 Å². The van der Waals surface area contributed by atoms with Crippen molar-refractivity contribution in [3.05, 3.63) is 0 Å². The monoisotopic (exact) mass is 256 g/mol. The van der Waals surface area contributed by atoms with Gasteiger partial charge in [0.25, 0.3) is 0 Å². The number of hydrogen-bond acceptors (Lipinski definition) is 4. The summed E-state index contributed by atoms with van der Waals surface area (Å²) in [5.74, 6) is -0.144. The largest absolute Gasteiger partial charge is 0.468 e. The van der Waals surface area contributed by atoms with Gasteiger partial charge in [-0.3, -0.25) is 9.69 Å². The normalized spacial score (nSPS) is 26.9. The lowest BCUT2D eigenvalue weighted by Gasteiger charge is -2.39. The molecule has 1 aliphatic heterocycles. The number of piperidine rings is 1. The Hall–Kier alpha value is -0.610. The first-order chi connectivity index (χ1) is 8.60. The van der Waals surface area contributed by atoms with E-state index in [1.807, 2.05) is 6.92 Å². The molecule has 1 fully saturated rings. The van der Waals surface area contributed by atoms with Crippen LogP contribution < -0.4 is 5.32 Å². The second-order valence-electron chi connectivity index (χ2n) is 5.29. The molecule has 0 spiro atoms. The second kappa shape index (κ2) is 7.74. The van der Waals surface area contributed by atoms with Gasteiger partial charge in [-0.25, -0.2) is 0 Å². The van der Waals surface area contributed by atoms with Crippen molar-refractivity contribution in [3.8, 4) is 0 Å². The molecule has 0 aromatic carbocycles. The highest BCUT2D eigenvalue weighted by Crippen LogP contribution is 2.22. The van der Waals surface area contributed by atoms with Gasteiger partial charge in [-0.15, -0.1) is 0 Å². The van der Waals surface area contributed by atoms with Gasteiger partial charge in [0, 0.05) is 18.6 Å². The van der Waals surface area contributed by atoms with Crippen LogP contribution in [0.1, 0.15) is 46.5 Å². The topological polar surface area (TPSA) is 41.6 Å². The summed E-state index contributed by atoms with van der Waals surface area (Å²) in [5, 5.41) is 3.20. The van der Waals surface area contributed by atoms with Gasteiger partial charge in [0.1, 0.15) is 6.04 Å². The summed E-state index contributed by atoms with van der Waals surface area (Å²) in [5.41, 5.74) is 0. The molecule has 1 N–H and O–H groups in total. The van der Waals surface area contributed by atoms with Crippen molar-refractivity contribution in [2.45, 2.75) is 64.6 Å². The number of hydrogen-bond donors (Lipinski definition) is 1. The van der Waals surface area contributed by atoms with E-state index in [2.05, 4.69) is 24.1 Å². The molecule has 4 nitrogen and oxygen atoms in total. The smallest absolute Gasteiger partial charge is 0.322 e. The fourth-order valence-corrected chi connectivity index (χ4v) is 2.89. The Morgan fingerprint density at radius 3 is 2.50 bits per heavy atom. The molecule has 0 saturated carbocycles. The second-order valence-corrected chi connectivity index (χ2v) is 5.29. The zero-order valence-corrected chi connectivity index (χ0v) is 12.2. The van der Waals surface area contributed by atoms with E-state index in [-0.39, 0.29) is 12.0 Å². The molecule has 1 heterocycles. The average Bonchev–Trinajstić information content (AvgIpc) is 2.36. The van der Waals surface area contributed by atoms with Crippen LogP contribution in [-0.4, -0.2) is 49.2 Å². The standard InChI is InChI=1S/C14H28N2O2/c1-5-15-13(14(17)18-4)9-10-16-11(2)7-6-8-12(16)3/h11-13,15H,5-10H2,1-4H3. The molecule has 1 rings (SSSR count). The van der Waals surface area contributed by atoms with Gasteiger partial charge in [-0.05, 0) is 39.7 Å². The third-order valence-electron chi connectivity index (χ3n) is 3.99. The van der Waals surface area contributed by atoms with Crippen LogP contribution in [0.3, 0.4) is 0 Å². The van der Waals surface area contributed by atoms with E-state index in [9.17, 15) is 4.79 Å². The first-order valence-corrected chi connectivity index (χ1v) is 7.17. The summed E-state index contributed by atoms with van der Waals surface area (Å²) in [4.78, 5) is 14.2. The van der Waals surface area contributed by atoms with Crippen molar-refractivity contribution in [1.82, 2.24) is 10.2 Å². The van der Waals surface area contributed by atoms with E-state index in [0.717, 1.165) is 19.5 Å². The summed E-state index contributed by atoms with van der Waals surface area (Å²) in [6, 6.07) is 1.10. The molecule has 0 aromatic heterocycles. The lowest BCUT2D eigenvalue weighted by molar-refractivity contribution is -0.143. The first-order valence-electron chi connectivity index (χ1n) is 7.17. The molecule has 0 bridgehead atoms. The molecular formula is C14H28N2O2. The number of likely N-dealkylation sites (N-methyl/N-ethyl adjacent to an activating group) is 1. The van der Waals surface area contributed by atoms with Gasteiger partial charge in [-0.1, -0.05) is 13.3 Å². The minimum atomic E-state index is -0.165. The van der Waals surface area contributed by atoms with Crippen LogP contribution >= 0.6 is 0 Å². The Balaban J connectivity index is 2.47. The van der Waals surface area contributed by atoms with Crippen molar-refractivity contribution < 1.29 is 9.53 Å². The molecule has 3 atom stereocenters. The quantitative estimate of drug-likeness (QED) is 0.736. The SMILES string of the molecule is CCNC(CCN1C(C)CCCC1C)C(=O)OC. The summed E-state index contributed by atoms with van der Waals surface area (Å²) in [6.07, 6.45) is 4.70. The van der Waals surface area contributed by atoms with Gasteiger partial charge >= 0.3 is 5.97 Å². The third-order valence-corrected chi connectivity index (χ3v) is 3.99. The Labute approximate surface area is 111 Å². The number of nitrogens with one attached hydrogen (secondary N) is 1. The molecule has 3 unspecified atom stereocenters. The number of carbonyl (C=O) groups excluding carboxylic acids is 1. The van der Waals surface area contributed by atoms with Gasteiger partial charge in [0.05, 0.1) is 7.11 Å². The molecule has 0 aliphatic carbocycles. The van der Waals surface area contributed by atoms with E-state index in [4.69, 9.17) is 4.74 Å². The Morgan fingerprint density at radius 1 is 1.39 bits per heavy atom. The van der Waals surface area contributed by atoms with Crippen LogP contribution in [-0.2, 0) is 9.53 Å². The average molecular weight is 256 g/mol. The van der Waals surface area contributed by atoms with Crippen molar-refractivity contribution in [2.75, 3.05) is 20.2 Å². The van der Waals surface area contributed by atoms with Gasteiger partial charge < -0.3 is 10.1 Å². The highest BCUT2D eigenvalue weighted by Gasteiger charge is 2.26. The molecule has 0 aromatic rings. The first kappa shape index (κ1) is 15.4. The fourth-order valence-electron chi connectivity index (χ4n) is 2.89. The molecule has 0 amide bonds. The number of rotatable bonds is 6. The minimum absolute atomic E-state index is 0.144. The maximum absolute atomic E-state index is 11.6. The third kappa shape index (κ3) is 4.25. The van der Waals surface area contributed by atoms with E-state index >= 15 is 0 Å². The van der Waals surface area contributed by atoms with Crippen molar-refractivity contribution >= 4 is 5.97 Å². The van der Waals surface area contributed by atoms with Crippen LogP contribution in [0.5, 0.6) is 0 Å². The number of esters is 1. The Kier molecular flexibility index (Phi) is 6.65. The fraction of sp³-hybridized carbons (Fsp3) is 0.929. The summed E-state index contributed by atoms with van der Waals surface area (Å²) in [7, 11) is 1.46. The van der Waals surface area contributed by atoms with Crippen LogP contribution in [0.15, 0.2) is 0 Å². The van der Waals surface area contributed by atoms with E-state index in [1.165, 1.54) is 26.4 Å². The maximum Gasteiger partial charge on any atom is 0.322 e. The van der Waals surface area contributed by atoms with E-state index < -0.39 is 0 Å². The Bertz CT molecular complexity index is 248. The summed E-state index contributed by atoms with van der Waals surface area (Å²) >= 11 is 0. The zero-order valence-electron chi connectivity index (χ0n) is 12.2. The number of methoxy groups -OCH3 is 1. The lowest BCUT2D eigenvalue weighted by Crippen LogP contribution is -2.47. The number of likely N-dealkylation sites (tertiary alicyclic amines) is 1. The van der Waals surface area contributed by atoms with Crippen LogP contribution in [0.4, 0.5) is 0 Å². The van der Waals surface area contributed by atoms with Crippen molar-refractivity contribution in [1.29, 1.82) is 0 Å². The predicted molar refractivity (Wildman–Crippen MR) is 73.6 cm³/mol. The minimum Gasteiger partial charge on any atom is -0.468 e. The molecule has 106 valence electrons. The molecule has 1 aliphatic rings. The van der Waals surface area contributed by atoms with Gasteiger partial charge in [0.15, 0.2) is 0 Å². The zero-order chi connectivity index (χ0) is 13.5. The highest BCUT2D eigenvalue weighted by atomic mass is 16.5. The lowest BCUT2D eigenvalue weighted by atomic mass is 9.97. The van der Waals surface area contributed by atoms with Crippen LogP contribution in [0.2, 0.25) is 0 Å². The Morgan fingerprint density at radius 2 is 2.00 bits per heavy atom. The van der Waals surface area contributed by atoms with Crippen molar-refractivity contribution in [3.63, 3.8) is 0 Å². The van der Waals surface area contributed by atoms with E-state index in [1.54, 1.807) is 0 Å². The molecule has 4 heteroatoms. The summed E-state index contributed by atoms with van der Waals surface area (Å²) in [6.45, 7) is 8.36. The molecule has 18 heavy (non-hydrogen) atoms. The maximum atomic E-state index is 11.6. The van der Waals surface area contributed by atoms with Gasteiger partial charge in [-0.2, -0.15) is 0 Å². The predicted octanol–water partition coefficient (Wildman–Crippen LogP) is 1.79. The van der Waals surface area contributed by atoms with Crippen LogP contribution in [0.25, 0.3) is 0 Å².